The molecule has 1 aliphatic heterocycles. The van der Waals surface area contributed by atoms with Crippen molar-refractivity contribution in [1.29, 1.82) is 0 Å². The Kier molecular flexibility index (Phi) is 2.60. The largest absolute Gasteiger partial charge is 0.439 e. The van der Waals surface area contributed by atoms with E-state index in [1.807, 2.05) is 12.1 Å². The van der Waals surface area contributed by atoms with Gasteiger partial charge in [0, 0.05) is 24.0 Å². The molecule has 0 fully saturated rings. The highest BCUT2D eigenvalue weighted by molar-refractivity contribution is 5.76. The van der Waals surface area contributed by atoms with E-state index in [1.165, 1.54) is 6.07 Å². The molecule has 0 aliphatic carbocycles. The maximum Gasteiger partial charge on any atom is 0.215 e. The SMILES string of the molecule is Nc1ccc2nc(CN3CCc4ccc(F)cc43)oc2c1. The zero-order valence-electron chi connectivity index (χ0n) is 11.3. The van der Waals surface area contributed by atoms with Crippen LogP contribution in [-0.4, -0.2) is 11.5 Å². The van der Waals surface area contributed by atoms with Gasteiger partial charge < -0.3 is 15.1 Å². The summed E-state index contributed by atoms with van der Waals surface area (Å²) in [6.45, 7) is 1.38. The molecule has 1 aliphatic rings. The van der Waals surface area contributed by atoms with Crippen LogP contribution in [0.15, 0.2) is 40.8 Å². The molecule has 0 saturated heterocycles. The lowest BCUT2D eigenvalue weighted by Gasteiger charge is -2.16. The van der Waals surface area contributed by atoms with E-state index in [0.717, 1.165) is 29.7 Å². The number of fused-ring (bicyclic) bond motifs is 2. The zero-order chi connectivity index (χ0) is 14.4. The van der Waals surface area contributed by atoms with E-state index in [9.17, 15) is 4.39 Å². The van der Waals surface area contributed by atoms with Crippen LogP contribution < -0.4 is 10.6 Å². The smallest absolute Gasteiger partial charge is 0.215 e. The first kappa shape index (κ1) is 12.2. The summed E-state index contributed by atoms with van der Waals surface area (Å²) in [6.07, 6.45) is 0.919. The Morgan fingerprint density at radius 2 is 2.14 bits per heavy atom. The second-order valence-electron chi connectivity index (χ2n) is 5.28. The van der Waals surface area contributed by atoms with Gasteiger partial charge in [0.05, 0.1) is 6.54 Å². The molecule has 0 radical (unpaired) electrons. The third kappa shape index (κ3) is 2.11. The van der Waals surface area contributed by atoms with Crippen molar-refractivity contribution in [3.05, 3.63) is 53.7 Å². The van der Waals surface area contributed by atoms with Crippen LogP contribution in [0.5, 0.6) is 0 Å². The molecule has 0 saturated carbocycles. The number of nitrogens with two attached hydrogens (primary N) is 1. The number of hydrogen-bond acceptors (Lipinski definition) is 4. The summed E-state index contributed by atoms with van der Waals surface area (Å²) < 4.78 is 19.1. The van der Waals surface area contributed by atoms with Crippen molar-refractivity contribution in [2.24, 2.45) is 0 Å². The molecule has 0 atom stereocenters. The number of hydrogen-bond donors (Lipinski definition) is 1. The summed E-state index contributed by atoms with van der Waals surface area (Å²) in [6, 6.07) is 10.3. The number of aromatic nitrogens is 1. The van der Waals surface area contributed by atoms with Crippen LogP contribution in [0.1, 0.15) is 11.5 Å². The highest BCUT2D eigenvalue weighted by Gasteiger charge is 2.21. The Bertz CT molecular complexity index is 828. The summed E-state index contributed by atoms with van der Waals surface area (Å²) >= 11 is 0. The van der Waals surface area contributed by atoms with Crippen LogP contribution in [0.3, 0.4) is 0 Å². The minimum Gasteiger partial charge on any atom is -0.439 e. The van der Waals surface area contributed by atoms with Crippen LogP contribution in [0.4, 0.5) is 15.8 Å². The van der Waals surface area contributed by atoms with Gasteiger partial charge in [0.1, 0.15) is 11.3 Å². The van der Waals surface area contributed by atoms with Gasteiger partial charge in [0.15, 0.2) is 5.58 Å². The number of nitrogen functional groups attached to an aromatic ring is 1. The molecular formula is C16H14FN3O. The first-order valence-electron chi connectivity index (χ1n) is 6.87. The van der Waals surface area contributed by atoms with Crippen LogP contribution >= 0.6 is 0 Å². The molecule has 2 heterocycles. The number of benzene rings is 2. The van der Waals surface area contributed by atoms with Gasteiger partial charge in [0.2, 0.25) is 5.89 Å². The quantitative estimate of drug-likeness (QED) is 0.734. The normalized spacial score (nSPS) is 13.9. The lowest BCUT2D eigenvalue weighted by atomic mass is 10.2. The molecule has 0 bridgehead atoms. The lowest BCUT2D eigenvalue weighted by Crippen LogP contribution is -2.19. The van der Waals surface area contributed by atoms with Gasteiger partial charge in [-0.3, -0.25) is 0 Å². The summed E-state index contributed by atoms with van der Waals surface area (Å²) in [5.41, 5.74) is 9.95. The first-order valence-corrected chi connectivity index (χ1v) is 6.87. The minimum atomic E-state index is -0.217. The van der Waals surface area contributed by atoms with Gasteiger partial charge in [-0.05, 0) is 36.2 Å². The van der Waals surface area contributed by atoms with Crippen molar-refractivity contribution in [3.8, 4) is 0 Å². The van der Waals surface area contributed by atoms with Crippen molar-refractivity contribution < 1.29 is 8.81 Å². The number of rotatable bonds is 2. The molecule has 1 aromatic heterocycles. The predicted molar refractivity (Wildman–Crippen MR) is 79.6 cm³/mol. The Morgan fingerprint density at radius 1 is 1.24 bits per heavy atom. The summed E-state index contributed by atoms with van der Waals surface area (Å²) in [7, 11) is 0. The Hall–Kier alpha value is -2.56. The third-order valence-corrected chi connectivity index (χ3v) is 3.82. The summed E-state index contributed by atoms with van der Waals surface area (Å²) in [5.74, 6) is 0.402. The number of oxazole rings is 1. The van der Waals surface area contributed by atoms with E-state index in [-0.39, 0.29) is 5.82 Å². The Morgan fingerprint density at radius 3 is 3.05 bits per heavy atom. The second-order valence-corrected chi connectivity index (χ2v) is 5.28. The van der Waals surface area contributed by atoms with E-state index in [4.69, 9.17) is 10.2 Å². The van der Waals surface area contributed by atoms with E-state index in [2.05, 4.69) is 9.88 Å². The molecule has 2 aromatic carbocycles. The highest BCUT2D eigenvalue weighted by Crippen LogP contribution is 2.30. The van der Waals surface area contributed by atoms with Gasteiger partial charge in [0.25, 0.3) is 0 Å². The van der Waals surface area contributed by atoms with Crippen molar-refractivity contribution >= 4 is 22.5 Å². The third-order valence-electron chi connectivity index (χ3n) is 3.82. The fourth-order valence-corrected chi connectivity index (χ4v) is 2.80. The van der Waals surface area contributed by atoms with Crippen LogP contribution in [-0.2, 0) is 13.0 Å². The molecule has 0 amide bonds. The lowest BCUT2D eigenvalue weighted by molar-refractivity contribution is 0.522. The Balaban J connectivity index is 1.65. The molecule has 106 valence electrons. The van der Waals surface area contributed by atoms with Crippen LogP contribution in [0.2, 0.25) is 0 Å². The maximum atomic E-state index is 13.4. The number of anilines is 2. The van der Waals surface area contributed by atoms with Gasteiger partial charge in [-0.15, -0.1) is 0 Å². The fourth-order valence-electron chi connectivity index (χ4n) is 2.80. The highest BCUT2D eigenvalue weighted by atomic mass is 19.1. The van der Waals surface area contributed by atoms with E-state index in [1.54, 1.807) is 18.2 Å². The van der Waals surface area contributed by atoms with Crippen molar-refractivity contribution in [2.75, 3.05) is 17.2 Å². The molecule has 21 heavy (non-hydrogen) atoms. The molecule has 5 heteroatoms. The van der Waals surface area contributed by atoms with Gasteiger partial charge >= 0.3 is 0 Å². The summed E-state index contributed by atoms with van der Waals surface area (Å²) in [5, 5.41) is 0. The first-order chi connectivity index (χ1) is 10.2. The van der Waals surface area contributed by atoms with E-state index < -0.39 is 0 Å². The molecule has 3 aromatic rings. The molecule has 0 spiro atoms. The maximum absolute atomic E-state index is 13.4. The standard InChI is InChI=1S/C16H14FN3O/c17-11-2-1-10-5-6-20(14(10)7-11)9-16-19-13-4-3-12(18)8-15(13)21-16/h1-4,7-8H,5-6,9,18H2. The summed E-state index contributed by atoms with van der Waals surface area (Å²) in [4.78, 5) is 6.54. The second kappa shape index (κ2) is 4.48. The monoisotopic (exact) mass is 283 g/mol. The van der Waals surface area contributed by atoms with Gasteiger partial charge in [-0.2, -0.15) is 0 Å². The van der Waals surface area contributed by atoms with E-state index >= 15 is 0 Å². The molecule has 0 unspecified atom stereocenters. The average molecular weight is 283 g/mol. The van der Waals surface area contributed by atoms with Crippen LogP contribution in [0, 0.1) is 5.82 Å². The van der Waals surface area contributed by atoms with Crippen LogP contribution in [0.25, 0.3) is 11.1 Å². The zero-order valence-corrected chi connectivity index (χ0v) is 11.3. The fraction of sp³-hybridized carbons (Fsp3) is 0.188. The van der Waals surface area contributed by atoms with Gasteiger partial charge in [-0.1, -0.05) is 6.07 Å². The topological polar surface area (TPSA) is 55.3 Å². The predicted octanol–water partition coefficient (Wildman–Crippen LogP) is 3.11. The number of halogens is 1. The Labute approximate surface area is 121 Å². The molecular weight excluding hydrogens is 269 g/mol. The van der Waals surface area contributed by atoms with Gasteiger partial charge in [-0.25, -0.2) is 9.37 Å². The average Bonchev–Trinajstić information content (AvgIpc) is 3.02. The molecule has 4 nitrogen and oxygen atoms in total. The van der Waals surface area contributed by atoms with Crippen molar-refractivity contribution in [2.45, 2.75) is 13.0 Å². The van der Waals surface area contributed by atoms with Crippen molar-refractivity contribution in [3.63, 3.8) is 0 Å². The molecule has 2 N–H and O–H groups in total. The minimum absolute atomic E-state index is 0.217. The van der Waals surface area contributed by atoms with E-state index in [0.29, 0.717) is 23.7 Å². The molecule has 4 rings (SSSR count). The number of nitrogens with zero attached hydrogens (tertiary/aromatic N) is 2. The van der Waals surface area contributed by atoms with Crippen molar-refractivity contribution in [1.82, 2.24) is 4.98 Å².